The van der Waals surface area contributed by atoms with Crippen molar-refractivity contribution in [1.82, 2.24) is 20.2 Å². The molecule has 0 atom stereocenters. The van der Waals surface area contributed by atoms with E-state index in [9.17, 15) is 4.79 Å². The van der Waals surface area contributed by atoms with Gasteiger partial charge in [-0.05, 0) is 46.1 Å². The Morgan fingerprint density at radius 1 is 1.15 bits per heavy atom. The van der Waals surface area contributed by atoms with Crippen LogP contribution in [0.2, 0.25) is 0 Å². The number of nitrogens with one attached hydrogen (secondary N) is 2. The first-order valence-electron chi connectivity index (χ1n) is 8.96. The molecule has 0 saturated carbocycles. The first-order chi connectivity index (χ1) is 13.0. The van der Waals surface area contributed by atoms with Crippen LogP contribution in [0.3, 0.4) is 0 Å². The lowest BCUT2D eigenvalue weighted by Crippen LogP contribution is -2.28. The van der Waals surface area contributed by atoms with E-state index in [1.165, 1.54) is 0 Å². The second-order valence-corrected chi connectivity index (χ2v) is 6.58. The van der Waals surface area contributed by atoms with Gasteiger partial charge in [0.05, 0.1) is 0 Å². The van der Waals surface area contributed by atoms with Crippen molar-refractivity contribution in [2.24, 2.45) is 0 Å². The van der Waals surface area contributed by atoms with Crippen LogP contribution in [0.1, 0.15) is 22.7 Å². The standard InChI is InChI=1S/C19H25N5O3/c1-13-21-15(19(25)20-7-4-8-24(2)3)12-18(22-13)23-14-5-6-16-17(11-14)27-10-9-26-16/h5-6,11-12H,4,7-10H2,1-3H3,(H,20,25)(H,21,22,23). The van der Waals surface area contributed by atoms with Crippen molar-refractivity contribution >= 4 is 17.4 Å². The van der Waals surface area contributed by atoms with Crippen molar-refractivity contribution in [2.75, 3.05) is 45.7 Å². The van der Waals surface area contributed by atoms with Crippen LogP contribution in [-0.2, 0) is 0 Å². The molecule has 3 rings (SSSR count). The maximum atomic E-state index is 12.4. The number of carbonyl (C=O) groups excluding carboxylic acids is 1. The van der Waals surface area contributed by atoms with E-state index in [1.807, 2.05) is 32.3 Å². The third kappa shape index (κ3) is 5.30. The summed E-state index contributed by atoms with van der Waals surface area (Å²) < 4.78 is 11.1. The lowest BCUT2D eigenvalue weighted by atomic mass is 10.2. The van der Waals surface area contributed by atoms with Gasteiger partial charge in [0.25, 0.3) is 5.91 Å². The molecule has 144 valence electrons. The Kier molecular flexibility index (Phi) is 6.08. The van der Waals surface area contributed by atoms with Gasteiger partial charge >= 0.3 is 0 Å². The SMILES string of the molecule is Cc1nc(Nc2ccc3c(c2)OCCO3)cc(C(=O)NCCCN(C)C)n1. The Hall–Kier alpha value is -2.87. The van der Waals surface area contributed by atoms with Crippen LogP contribution in [-0.4, -0.2) is 61.2 Å². The zero-order valence-electron chi connectivity index (χ0n) is 15.9. The van der Waals surface area contributed by atoms with Gasteiger partial charge in [0.1, 0.15) is 30.5 Å². The highest BCUT2D eigenvalue weighted by atomic mass is 16.6. The zero-order chi connectivity index (χ0) is 19.2. The number of carbonyl (C=O) groups is 1. The zero-order valence-corrected chi connectivity index (χ0v) is 15.9. The van der Waals surface area contributed by atoms with Gasteiger partial charge < -0.3 is 25.0 Å². The number of rotatable bonds is 7. The minimum atomic E-state index is -0.204. The smallest absolute Gasteiger partial charge is 0.270 e. The van der Waals surface area contributed by atoms with Gasteiger partial charge in [-0.15, -0.1) is 0 Å². The molecule has 0 spiro atoms. The highest BCUT2D eigenvalue weighted by Crippen LogP contribution is 2.33. The van der Waals surface area contributed by atoms with E-state index in [4.69, 9.17) is 9.47 Å². The van der Waals surface area contributed by atoms with E-state index in [-0.39, 0.29) is 5.91 Å². The fourth-order valence-corrected chi connectivity index (χ4v) is 2.70. The van der Waals surface area contributed by atoms with E-state index >= 15 is 0 Å². The van der Waals surface area contributed by atoms with Gasteiger partial charge in [0, 0.05) is 24.4 Å². The summed E-state index contributed by atoms with van der Waals surface area (Å²) >= 11 is 0. The lowest BCUT2D eigenvalue weighted by molar-refractivity contribution is 0.0947. The Morgan fingerprint density at radius 2 is 1.93 bits per heavy atom. The third-order valence-corrected chi connectivity index (χ3v) is 3.95. The predicted octanol–water partition coefficient (Wildman–Crippen LogP) is 1.98. The number of nitrogens with zero attached hydrogens (tertiary/aromatic N) is 3. The predicted molar refractivity (Wildman–Crippen MR) is 103 cm³/mol. The largest absolute Gasteiger partial charge is 0.486 e. The highest BCUT2D eigenvalue weighted by molar-refractivity contribution is 5.93. The number of anilines is 2. The molecule has 0 bridgehead atoms. The fourth-order valence-electron chi connectivity index (χ4n) is 2.70. The minimum Gasteiger partial charge on any atom is -0.486 e. The number of aryl methyl sites for hydroxylation is 1. The Bertz CT molecular complexity index is 810. The molecule has 2 heterocycles. The molecular formula is C19H25N5O3. The molecule has 0 fully saturated rings. The summed E-state index contributed by atoms with van der Waals surface area (Å²) in [5, 5.41) is 6.09. The molecule has 0 saturated heterocycles. The Labute approximate surface area is 158 Å². The average Bonchev–Trinajstić information content (AvgIpc) is 2.64. The number of amides is 1. The van der Waals surface area contributed by atoms with Crippen LogP contribution >= 0.6 is 0 Å². The Balaban J connectivity index is 1.67. The first-order valence-corrected chi connectivity index (χ1v) is 8.96. The topological polar surface area (TPSA) is 88.6 Å². The van der Waals surface area contributed by atoms with Gasteiger partial charge in [-0.25, -0.2) is 9.97 Å². The maximum absolute atomic E-state index is 12.4. The van der Waals surface area contributed by atoms with Crippen LogP contribution in [0.25, 0.3) is 0 Å². The first kappa shape index (κ1) is 18.9. The van der Waals surface area contributed by atoms with Crippen molar-refractivity contribution in [3.05, 3.63) is 35.8 Å². The summed E-state index contributed by atoms with van der Waals surface area (Å²) in [6.07, 6.45) is 0.880. The van der Waals surface area contributed by atoms with E-state index in [0.29, 0.717) is 42.8 Å². The summed E-state index contributed by atoms with van der Waals surface area (Å²) in [7, 11) is 4.01. The van der Waals surface area contributed by atoms with Crippen LogP contribution in [0.4, 0.5) is 11.5 Å². The molecule has 27 heavy (non-hydrogen) atoms. The molecule has 1 aliphatic rings. The van der Waals surface area contributed by atoms with Gasteiger partial charge in [-0.2, -0.15) is 0 Å². The van der Waals surface area contributed by atoms with Crippen molar-refractivity contribution < 1.29 is 14.3 Å². The molecule has 1 aromatic carbocycles. The van der Waals surface area contributed by atoms with Crippen molar-refractivity contribution in [3.8, 4) is 11.5 Å². The molecule has 8 heteroatoms. The number of ether oxygens (including phenoxy) is 2. The molecule has 0 unspecified atom stereocenters. The summed E-state index contributed by atoms with van der Waals surface area (Å²) in [6, 6.07) is 7.23. The molecular weight excluding hydrogens is 346 g/mol. The highest BCUT2D eigenvalue weighted by Gasteiger charge is 2.13. The van der Waals surface area contributed by atoms with E-state index in [1.54, 1.807) is 13.0 Å². The molecule has 1 amide bonds. The van der Waals surface area contributed by atoms with E-state index in [2.05, 4.69) is 25.5 Å². The minimum absolute atomic E-state index is 0.204. The number of fused-ring (bicyclic) bond motifs is 1. The van der Waals surface area contributed by atoms with E-state index in [0.717, 1.165) is 24.4 Å². The second kappa shape index (κ2) is 8.68. The number of hydrogen-bond acceptors (Lipinski definition) is 7. The molecule has 0 radical (unpaired) electrons. The van der Waals surface area contributed by atoms with Gasteiger partial charge in [-0.3, -0.25) is 4.79 Å². The second-order valence-electron chi connectivity index (χ2n) is 6.58. The molecule has 0 aliphatic carbocycles. The van der Waals surface area contributed by atoms with Gasteiger partial charge in [0.2, 0.25) is 0 Å². The van der Waals surface area contributed by atoms with E-state index < -0.39 is 0 Å². The maximum Gasteiger partial charge on any atom is 0.270 e. The van der Waals surface area contributed by atoms with Crippen molar-refractivity contribution in [1.29, 1.82) is 0 Å². The van der Waals surface area contributed by atoms with Crippen molar-refractivity contribution in [3.63, 3.8) is 0 Å². The molecule has 2 aromatic rings. The summed E-state index contributed by atoms with van der Waals surface area (Å²) in [5.74, 6) is 2.29. The summed E-state index contributed by atoms with van der Waals surface area (Å²) in [4.78, 5) is 23.0. The van der Waals surface area contributed by atoms with Crippen LogP contribution in [0.15, 0.2) is 24.3 Å². The van der Waals surface area contributed by atoms with Crippen molar-refractivity contribution in [2.45, 2.75) is 13.3 Å². The number of aromatic nitrogens is 2. The van der Waals surface area contributed by atoms with Gasteiger partial charge in [-0.1, -0.05) is 0 Å². The fraction of sp³-hybridized carbons (Fsp3) is 0.421. The molecule has 8 nitrogen and oxygen atoms in total. The van der Waals surface area contributed by atoms with Crippen LogP contribution < -0.4 is 20.1 Å². The number of hydrogen-bond donors (Lipinski definition) is 2. The normalized spacial score (nSPS) is 12.7. The summed E-state index contributed by atoms with van der Waals surface area (Å²) in [6.45, 7) is 4.36. The quantitative estimate of drug-likeness (QED) is 0.720. The van der Waals surface area contributed by atoms with Gasteiger partial charge in [0.15, 0.2) is 11.5 Å². The van der Waals surface area contributed by atoms with Crippen LogP contribution in [0.5, 0.6) is 11.5 Å². The Morgan fingerprint density at radius 3 is 2.70 bits per heavy atom. The average molecular weight is 371 g/mol. The van der Waals surface area contributed by atoms with Crippen LogP contribution in [0, 0.1) is 6.92 Å². The molecule has 2 N–H and O–H groups in total. The summed E-state index contributed by atoms with van der Waals surface area (Å²) in [5.41, 5.74) is 1.14. The lowest BCUT2D eigenvalue weighted by Gasteiger charge is -2.19. The molecule has 1 aliphatic heterocycles. The molecule has 1 aromatic heterocycles. The third-order valence-electron chi connectivity index (χ3n) is 3.95. The number of benzene rings is 1. The monoisotopic (exact) mass is 371 g/mol.